The minimum absolute atomic E-state index is 0.0390. The van der Waals surface area contributed by atoms with Gasteiger partial charge in [0.15, 0.2) is 11.5 Å². The predicted octanol–water partition coefficient (Wildman–Crippen LogP) is 6.46. The molecular weight excluding hydrogens is 518 g/mol. The average molecular weight is 556 g/mol. The molecule has 2 heterocycles. The molecule has 7 heteroatoms. The molecule has 5 rings (SSSR count). The van der Waals surface area contributed by atoms with Crippen molar-refractivity contribution in [1.82, 2.24) is 4.90 Å². The topological polar surface area (TPSA) is 85.3 Å². The lowest BCUT2D eigenvalue weighted by Gasteiger charge is -2.26. The molecule has 7 nitrogen and oxygen atoms in total. The van der Waals surface area contributed by atoms with Crippen LogP contribution in [0.25, 0.3) is 5.76 Å². The lowest BCUT2D eigenvalue weighted by atomic mass is 9.94. The second-order valence-electron chi connectivity index (χ2n) is 11.0. The summed E-state index contributed by atoms with van der Waals surface area (Å²) in [7, 11) is 0. The van der Waals surface area contributed by atoms with Gasteiger partial charge in [0.1, 0.15) is 17.6 Å². The highest BCUT2D eigenvalue weighted by molar-refractivity contribution is 6.46. The summed E-state index contributed by atoms with van der Waals surface area (Å²) in [6.07, 6.45) is 1.64. The van der Waals surface area contributed by atoms with E-state index in [2.05, 4.69) is 13.8 Å². The maximum Gasteiger partial charge on any atom is 0.295 e. The van der Waals surface area contributed by atoms with E-state index in [1.165, 1.54) is 4.90 Å². The van der Waals surface area contributed by atoms with E-state index in [4.69, 9.17) is 14.2 Å². The van der Waals surface area contributed by atoms with Crippen LogP contribution in [0.2, 0.25) is 0 Å². The van der Waals surface area contributed by atoms with Gasteiger partial charge in [-0.1, -0.05) is 50.2 Å². The molecule has 2 atom stereocenters. The number of hydrogen-bond acceptors (Lipinski definition) is 6. The summed E-state index contributed by atoms with van der Waals surface area (Å²) in [4.78, 5) is 28.6. The standard InChI is InChI=1S/C34H37NO6/c1-5-39-29-19-24(11-14-28(29)40-16-15-21(2)3)31-30(32(36)25-12-13-27-26(18-25)17-22(4)41-27)33(37)34(38)35(31)20-23-9-7-6-8-10-23/h6-14,18-19,21-22,31,36H,5,15-17,20H2,1-4H3. The summed E-state index contributed by atoms with van der Waals surface area (Å²) < 4.78 is 17.8. The number of hydrogen-bond donors (Lipinski definition) is 1. The number of rotatable bonds is 10. The molecule has 3 aromatic rings. The van der Waals surface area contributed by atoms with E-state index in [0.717, 1.165) is 23.3 Å². The van der Waals surface area contributed by atoms with E-state index >= 15 is 0 Å². The Bertz CT molecular complexity index is 1460. The molecule has 41 heavy (non-hydrogen) atoms. The first-order valence-electron chi connectivity index (χ1n) is 14.3. The zero-order valence-corrected chi connectivity index (χ0v) is 24.1. The van der Waals surface area contributed by atoms with Crippen LogP contribution < -0.4 is 14.2 Å². The van der Waals surface area contributed by atoms with Crippen molar-refractivity contribution in [3.63, 3.8) is 0 Å². The number of carbonyl (C=O) groups is 2. The van der Waals surface area contributed by atoms with E-state index in [1.807, 2.05) is 68.4 Å². The van der Waals surface area contributed by atoms with Gasteiger partial charge in [-0.2, -0.15) is 0 Å². The predicted molar refractivity (Wildman–Crippen MR) is 157 cm³/mol. The normalized spacial score (nSPS) is 19.4. The SMILES string of the molecule is CCOc1cc(C2C(=C(O)c3ccc4c(c3)CC(C)O4)C(=O)C(=O)N2Cc2ccccc2)ccc1OCCC(C)C. The van der Waals surface area contributed by atoms with Crippen LogP contribution in [-0.2, 0) is 22.6 Å². The molecule has 0 aromatic heterocycles. The maximum atomic E-state index is 13.6. The Hall–Kier alpha value is -4.26. The summed E-state index contributed by atoms with van der Waals surface area (Å²) in [5.74, 6) is 0.812. The number of aliphatic hydroxyl groups is 1. The number of carbonyl (C=O) groups excluding carboxylic acids is 2. The summed E-state index contributed by atoms with van der Waals surface area (Å²) in [5, 5.41) is 11.6. The van der Waals surface area contributed by atoms with Gasteiger partial charge in [0.2, 0.25) is 0 Å². The monoisotopic (exact) mass is 555 g/mol. The van der Waals surface area contributed by atoms with Gasteiger partial charge in [0, 0.05) is 18.5 Å². The van der Waals surface area contributed by atoms with Crippen LogP contribution in [0.4, 0.5) is 0 Å². The first kappa shape index (κ1) is 28.3. The van der Waals surface area contributed by atoms with Gasteiger partial charge in [0.05, 0.1) is 24.8 Å². The number of nitrogens with zero attached hydrogens (tertiary/aromatic N) is 1. The number of ketones is 1. The van der Waals surface area contributed by atoms with E-state index in [-0.39, 0.29) is 24.0 Å². The van der Waals surface area contributed by atoms with Crippen molar-refractivity contribution in [3.8, 4) is 17.2 Å². The zero-order valence-electron chi connectivity index (χ0n) is 24.1. The fraction of sp³-hybridized carbons (Fsp3) is 0.353. The van der Waals surface area contributed by atoms with Crippen LogP contribution in [0.1, 0.15) is 62.4 Å². The van der Waals surface area contributed by atoms with Crippen molar-refractivity contribution in [3.05, 3.63) is 94.6 Å². The molecule has 2 aliphatic rings. The number of aliphatic hydroxyl groups excluding tert-OH is 1. The molecular formula is C34H37NO6. The number of amides is 1. The highest BCUT2D eigenvalue weighted by atomic mass is 16.5. The lowest BCUT2D eigenvalue weighted by Crippen LogP contribution is -2.29. The van der Waals surface area contributed by atoms with E-state index in [0.29, 0.717) is 48.2 Å². The Morgan fingerprint density at radius 3 is 2.54 bits per heavy atom. The Labute approximate surface area is 241 Å². The lowest BCUT2D eigenvalue weighted by molar-refractivity contribution is -0.140. The van der Waals surface area contributed by atoms with Gasteiger partial charge in [0.25, 0.3) is 11.7 Å². The second kappa shape index (κ2) is 12.1. The van der Waals surface area contributed by atoms with Crippen LogP contribution in [-0.4, -0.2) is 41.0 Å². The molecule has 0 bridgehead atoms. The molecule has 0 aliphatic carbocycles. The van der Waals surface area contributed by atoms with Crippen molar-refractivity contribution >= 4 is 17.4 Å². The fourth-order valence-corrected chi connectivity index (χ4v) is 5.38. The van der Waals surface area contributed by atoms with Gasteiger partial charge >= 0.3 is 0 Å². The van der Waals surface area contributed by atoms with Gasteiger partial charge in [-0.3, -0.25) is 9.59 Å². The summed E-state index contributed by atoms with van der Waals surface area (Å²) in [6, 6.07) is 19.5. The van der Waals surface area contributed by atoms with E-state index < -0.39 is 17.7 Å². The summed E-state index contributed by atoms with van der Waals surface area (Å²) in [6.45, 7) is 9.33. The number of likely N-dealkylation sites (tertiary alicyclic amines) is 1. The van der Waals surface area contributed by atoms with Crippen molar-refractivity contribution in [2.45, 2.75) is 59.2 Å². The highest BCUT2D eigenvalue weighted by Crippen LogP contribution is 2.43. The fourth-order valence-electron chi connectivity index (χ4n) is 5.38. The second-order valence-corrected chi connectivity index (χ2v) is 11.0. The average Bonchev–Trinajstić information content (AvgIpc) is 3.45. The molecule has 0 spiro atoms. The molecule has 1 N–H and O–H groups in total. The van der Waals surface area contributed by atoms with Crippen molar-refractivity contribution in [2.24, 2.45) is 5.92 Å². The van der Waals surface area contributed by atoms with Crippen LogP contribution in [0, 0.1) is 5.92 Å². The Morgan fingerprint density at radius 1 is 1.02 bits per heavy atom. The third-order valence-corrected chi connectivity index (χ3v) is 7.44. The van der Waals surface area contributed by atoms with Crippen molar-refractivity contribution in [2.75, 3.05) is 13.2 Å². The molecule has 2 aliphatic heterocycles. The first-order valence-corrected chi connectivity index (χ1v) is 14.3. The Morgan fingerprint density at radius 2 is 1.80 bits per heavy atom. The van der Waals surface area contributed by atoms with Crippen LogP contribution in [0.3, 0.4) is 0 Å². The highest BCUT2D eigenvalue weighted by Gasteiger charge is 2.46. The summed E-state index contributed by atoms with van der Waals surface area (Å²) in [5.41, 5.74) is 3.01. The van der Waals surface area contributed by atoms with Gasteiger partial charge in [-0.05, 0) is 73.2 Å². The van der Waals surface area contributed by atoms with Gasteiger partial charge in [-0.15, -0.1) is 0 Å². The van der Waals surface area contributed by atoms with E-state index in [9.17, 15) is 14.7 Å². The maximum absolute atomic E-state index is 13.6. The van der Waals surface area contributed by atoms with Crippen molar-refractivity contribution < 1.29 is 28.9 Å². The minimum Gasteiger partial charge on any atom is -0.507 e. The molecule has 3 aromatic carbocycles. The van der Waals surface area contributed by atoms with E-state index in [1.54, 1.807) is 12.1 Å². The molecule has 214 valence electrons. The Balaban J connectivity index is 1.60. The zero-order chi connectivity index (χ0) is 29.1. The summed E-state index contributed by atoms with van der Waals surface area (Å²) >= 11 is 0. The third-order valence-electron chi connectivity index (χ3n) is 7.44. The molecule has 1 fully saturated rings. The molecule has 1 amide bonds. The quantitative estimate of drug-likeness (QED) is 0.176. The van der Waals surface area contributed by atoms with Gasteiger partial charge < -0.3 is 24.2 Å². The number of fused-ring (bicyclic) bond motifs is 1. The van der Waals surface area contributed by atoms with Gasteiger partial charge in [-0.25, -0.2) is 0 Å². The number of ether oxygens (including phenoxy) is 3. The van der Waals surface area contributed by atoms with Crippen LogP contribution in [0.15, 0.2) is 72.3 Å². The molecule has 2 unspecified atom stereocenters. The first-order chi connectivity index (χ1) is 19.8. The number of benzene rings is 3. The Kier molecular flexibility index (Phi) is 8.34. The molecule has 0 saturated carbocycles. The number of Topliss-reactive ketones (excluding diaryl/α,β-unsaturated/α-hetero) is 1. The molecule has 0 radical (unpaired) electrons. The minimum atomic E-state index is -0.817. The third kappa shape index (κ3) is 5.94. The van der Waals surface area contributed by atoms with Crippen LogP contribution >= 0.6 is 0 Å². The largest absolute Gasteiger partial charge is 0.507 e. The van der Waals surface area contributed by atoms with Crippen LogP contribution in [0.5, 0.6) is 17.2 Å². The molecule has 1 saturated heterocycles. The smallest absolute Gasteiger partial charge is 0.295 e. The van der Waals surface area contributed by atoms with Crippen molar-refractivity contribution in [1.29, 1.82) is 0 Å².